The summed E-state index contributed by atoms with van der Waals surface area (Å²) in [5.41, 5.74) is 1.20. The van der Waals surface area contributed by atoms with Crippen molar-refractivity contribution in [3.05, 3.63) is 48.3 Å². The van der Waals surface area contributed by atoms with E-state index in [0.717, 1.165) is 25.1 Å². The van der Waals surface area contributed by atoms with E-state index in [2.05, 4.69) is 20.2 Å². The molecule has 0 aliphatic carbocycles. The molecule has 3 heterocycles. The van der Waals surface area contributed by atoms with Crippen molar-refractivity contribution in [3.8, 4) is 0 Å². The van der Waals surface area contributed by atoms with Crippen molar-refractivity contribution >= 4 is 5.91 Å². The molecular formula is C13H13N5O. The van der Waals surface area contributed by atoms with Crippen LogP contribution in [0.3, 0.4) is 0 Å². The zero-order valence-corrected chi connectivity index (χ0v) is 10.3. The standard InChI is InChI=1S/C13H13N5O/c19-13(10-3-1-5-16-17-10)18-8-2-4-12(18)11-9-14-6-7-15-11/h1,3,5-7,9,12H,2,4,8H2. The van der Waals surface area contributed by atoms with Gasteiger partial charge in [-0.15, -0.1) is 5.10 Å². The van der Waals surface area contributed by atoms with E-state index in [-0.39, 0.29) is 11.9 Å². The van der Waals surface area contributed by atoms with Gasteiger partial charge in [0.05, 0.1) is 17.9 Å². The molecule has 0 bridgehead atoms. The molecule has 0 aromatic carbocycles. The summed E-state index contributed by atoms with van der Waals surface area (Å²) in [5.74, 6) is -0.0961. The van der Waals surface area contributed by atoms with E-state index in [0.29, 0.717) is 5.69 Å². The molecule has 3 rings (SSSR count). The predicted octanol–water partition coefficient (Wildman–Crippen LogP) is 1.24. The second kappa shape index (κ2) is 5.09. The Bertz CT molecular complexity index is 560. The van der Waals surface area contributed by atoms with Crippen LogP contribution in [0.2, 0.25) is 0 Å². The lowest BCUT2D eigenvalue weighted by Crippen LogP contribution is -2.31. The van der Waals surface area contributed by atoms with E-state index >= 15 is 0 Å². The highest BCUT2D eigenvalue weighted by atomic mass is 16.2. The van der Waals surface area contributed by atoms with Gasteiger partial charge in [-0.2, -0.15) is 5.10 Å². The van der Waals surface area contributed by atoms with Crippen LogP contribution in [0.1, 0.15) is 35.1 Å². The minimum Gasteiger partial charge on any atom is -0.329 e. The molecule has 1 amide bonds. The van der Waals surface area contributed by atoms with Crippen LogP contribution in [0, 0.1) is 0 Å². The van der Waals surface area contributed by atoms with Gasteiger partial charge in [-0.3, -0.25) is 14.8 Å². The number of likely N-dealkylation sites (tertiary alicyclic amines) is 1. The quantitative estimate of drug-likeness (QED) is 0.807. The van der Waals surface area contributed by atoms with Crippen LogP contribution in [0.5, 0.6) is 0 Å². The van der Waals surface area contributed by atoms with Gasteiger partial charge in [-0.1, -0.05) is 0 Å². The van der Waals surface area contributed by atoms with E-state index < -0.39 is 0 Å². The number of amides is 1. The highest BCUT2D eigenvalue weighted by Gasteiger charge is 2.32. The highest BCUT2D eigenvalue weighted by Crippen LogP contribution is 2.31. The second-order valence-electron chi connectivity index (χ2n) is 4.40. The number of rotatable bonds is 2. The van der Waals surface area contributed by atoms with Crippen LogP contribution in [-0.2, 0) is 0 Å². The summed E-state index contributed by atoms with van der Waals surface area (Å²) in [6.07, 6.45) is 8.43. The molecule has 1 atom stereocenters. The van der Waals surface area contributed by atoms with Crippen LogP contribution in [-0.4, -0.2) is 37.5 Å². The van der Waals surface area contributed by atoms with Crippen molar-refractivity contribution in [1.82, 2.24) is 25.1 Å². The Balaban J connectivity index is 1.86. The first kappa shape index (κ1) is 11.7. The van der Waals surface area contributed by atoms with Crippen LogP contribution in [0.25, 0.3) is 0 Å². The fourth-order valence-corrected chi connectivity index (χ4v) is 2.36. The van der Waals surface area contributed by atoms with Crippen molar-refractivity contribution in [2.45, 2.75) is 18.9 Å². The monoisotopic (exact) mass is 255 g/mol. The molecule has 0 saturated carbocycles. The zero-order valence-electron chi connectivity index (χ0n) is 10.3. The molecule has 1 saturated heterocycles. The minimum absolute atomic E-state index is 0.0109. The summed E-state index contributed by atoms with van der Waals surface area (Å²) in [5, 5.41) is 7.62. The van der Waals surface area contributed by atoms with Crippen molar-refractivity contribution in [2.75, 3.05) is 6.54 Å². The van der Waals surface area contributed by atoms with E-state index in [4.69, 9.17) is 0 Å². The molecule has 96 valence electrons. The Hall–Kier alpha value is -2.37. The van der Waals surface area contributed by atoms with Gasteiger partial charge in [0.15, 0.2) is 5.69 Å². The molecule has 19 heavy (non-hydrogen) atoms. The van der Waals surface area contributed by atoms with E-state index in [9.17, 15) is 4.79 Å². The maximum absolute atomic E-state index is 12.4. The van der Waals surface area contributed by atoms with Crippen LogP contribution < -0.4 is 0 Å². The summed E-state index contributed by atoms with van der Waals surface area (Å²) >= 11 is 0. The van der Waals surface area contributed by atoms with Crippen LogP contribution >= 0.6 is 0 Å². The van der Waals surface area contributed by atoms with Crippen LogP contribution in [0.4, 0.5) is 0 Å². The van der Waals surface area contributed by atoms with Crippen molar-refractivity contribution in [3.63, 3.8) is 0 Å². The molecular weight excluding hydrogens is 242 g/mol. The summed E-state index contributed by atoms with van der Waals surface area (Å²) in [6.45, 7) is 0.719. The van der Waals surface area contributed by atoms with Gasteiger partial charge in [0, 0.05) is 25.1 Å². The van der Waals surface area contributed by atoms with Gasteiger partial charge < -0.3 is 4.90 Å². The first-order valence-electron chi connectivity index (χ1n) is 6.21. The lowest BCUT2D eigenvalue weighted by Gasteiger charge is -2.23. The molecule has 1 aliphatic rings. The molecule has 6 heteroatoms. The third-order valence-corrected chi connectivity index (χ3v) is 3.23. The van der Waals surface area contributed by atoms with Gasteiger partial charge in [-0.05, 0) is 25.0 Å². The molecule has 1 aliphatic heterocycles. The second-order valence-corrected chi connectivity index (χ2v) is 4.40. The normalized spacial score (nSPS) is 18.5. The van der Waals surface area contributed by atoms with E-state index in [1.165, 1.54) is 0 Å². The van der Waals surface area contributed by atoms with Gasteiger partial charge in [0.2, 0.25) is 0 Å². The third-order valence-electron chi connectivity index (χ3n) is 3.23. The summed E-state index contributed by atoms with van der Waals surface area (Å²) < 4.78 is 0. The predicted molar refractivity (Wildman–Crippen MR) is 67.1 cm³/mol. The highest BCUT2D eigenvalue weighted by molar-refractivity contribution is 5.92. The number of carbonyl (C=O) groups is 1. The van der Waals surface area contributed by atoms with E-state index in [1.54, 1.807) is 41.8 Å². The average Bonchev–Trinajstić information content (AvgIpc) is 2.98. The number of aromatic nitrogens is 4. The number of nitrogens with zero attached hydrogens (tertiary/aromatic N) is 5. The largest absolute Gasteiger partial charge is 0.329 e. The smallest absolute Gasteiger partial charge is 0.274 e. The Labute approximate surface area is 110 Å². The maximum atomic E-state index is 12.4. The molecule has 1 unspecified atom stereocenters. The van der Waals surface area contributed by atoms with Gasteiger partial charge in [-0.25, -0.2) is 0 Å². The summed E-state index contributed by atoms with van der Waals surface area (Å²) in [6, 6.07) is 3.39. The Morgan fingerprint density at radius 1 is 1.32 bits per heavy atom. The molecule has 6 nitrogen and oxygen atoms in total. The molecule has 2 aromatic rings. The lowest BCUT2D eigenvalue weighted by molar-refractivity contribution is 0.0725. The lowest BCUT2D eigenvalue weighted by atomic mass is 10.1. The Morgan fingerprint density at radius 3 is 3.00 bits per heavy atom. The SMILES string of the molecule is O=C(c1cccnn1)N1CCCC1c1cnccn1. The van der Waals surface area contributed by atoms with Gasteiger partial charge in [0.1, 0.15) is 0 Å². The zero-order chi connectivity index (χ0) is 13.1. The fraction of sp³-hybridized carbons (Fsp3) is 0.308. The molecule has 1 fully saturated rings. The Morgan fingerprint density at radius 2 is 2.26 bits per heavy atom. The maximum Gasteiger partial charge on any atom is 0.274 e. The molecule has 2 aromatic heterocycles. The fourth-order valence-electron chi connectivity index (χ4n) is 2.36. The number of carbonyl (C=O) groups excluding carboxylic acids is 1. The third kappa shape index (κ3) is 2.29. The van der Waals surface area contributed by atoms with Crippen LogP contribution in [0.15, 0.2) is 36.9 Å². The molecule has 0 spiro atoms. The molecule has 0 radical (unpaired) electrons. The summed E-state index contributed by atoms with van der Waals surface area (Å²) in [7, 11) is 0. The molecule has 0 N–H and O–H groups in total. The minimum atomic E-state index is -0.0961. The first-order chi connectivity index (χ1) is 9.36. The van der Waals surface area contributed by atoms with Gasteiger partial charge in [0.25, 0.3) is 5.91 Å². The van der Waals surface area contributed by atoms with Gasteiger partial charge >= 0.3 is 0 Å². The number of hydrogen-bond acceptors (Lipinski definition) is 5. The summed E-state index contributed by atoms with van der Waals surface area (Å²) in [4.78, 5) is 22.6. The van der Waals surface area contributed by atoms with Crippen molar-refractivity contribution < 1.29 is 4.79 Å². The van der Waals surface area contributed by atoms with E-state index in [1.807, 2.05) is 0 Å². The van der Waals surface area contributed by atoms with Crippen molar-refractivity contribution in [1.29, 1.82) is 0 Å². The number of hydrogen-bond donors (Lipinski definition) is 0. The van der Waals surface area contributed by atoms with Crippen molar-refractivity contribution in [2.24, 2.45) is 0 Å². The average molecular weight is 255 g/mol. The Kier molecular flexibility index (Phi) is 3.14. The topological polar surface area (TPSA) is 71.9 Å². The first-order valence-corrected chi connectivity index (χ1v) is 6.21.